The van der Waals surface area contributed by atoms with Gasteiger partial charge in [-0.2, -0.15) is 0 Å². The maximum Gasteiger partial charge on any atom is 0.138 e. The van der Waals surface area contributed by atoms with Gasteiger partial charge in [0.25, 0.3) is 0 Å². The second kappa shape index (κ2) is 6.14. The van der Waals surface area contributed by atoms with Gasteiger partial charge in [-0.05, 0) is 18.2 Å². The van der Waals surface area contributed by atoms with E-state index in [9.17, 15) is 0 Å². The van der Waals surface area contributed by atoms with E-state index in [4.69, 9.17) is 5.73 Å². The molecule has 88 valence electrons. The van der Waals surface area contributed by atoms with Crippen LogP contribution in [0.15, 0.2) is 46.0 Å². The summed E-state index contributed by atoms with van der Waals surface area (Å²) in [5.74, 6) is 1.59. The molecule has 0 aliphatic rings. The number of halogens is 1. The second-order valence-electron chi connectivity index (χ2n) is 3.46. The predicted molar refractivity (Wildman–Crippen MR) is 73.6 cm³/mol. The van der Waals surface area contributed by atoms with Crippen molar-refractivity contribution >= 4 is 27.7 Å². The third-order valence-corrected chi connectivity index (χ3v) is 3.64. The average Bonchev–Trinajstić information content (AvgIpc) is 2.37. The van der Waals surface area contributed by atoms with Crippen LogP contribution in [0.25, 0.3) is 0 Å². The Bertz CT molecular complexity index is 487. The summed E-state index contributed by atoms with van der Waals surface area (Å²) >= 11 is 5.16. The number of benzene rings is 1. The molecule has 1 aromatic heterocycles. The van der Waals surface area contributed by atoms with Gasteiger partial charge in [0, 0.05) is 33.9 Å². The molecule has 0 radical (unpaired) electrons. The Balaban J connectivity index is 1.97. The highest BCUT2D eigenvalue weighted by Crippen LogP contribution is 2.24. The van der Waals surface area contributed by atoms with Crippen molar-refractivity contribution in [2.24, 2.45) is 5.73 Å². The summed E-state index contributed by atoms with van der Waals surface area (Å²) in [4.78, 5) is 9.73. The molecule has 0 aliphatic carbocycles. The Morgan fingerprint density at radius 2 is 2.00 bits per heavy atom. The molecule has 2 N–H and O–H groups in total. The lowest BCUT2D eigenvalue weighted by atomic mass is 10.3. The molecule has 2 rings (SSSR count). The van der Waals surface area contributed by atoms with Crippen molar-refractivity contribution in [3.63, 3.8) is 0 Å². The van der Waals surface area contributed by atoms with Crippen LogP contribution < -0.4 is 5.73 Å². The molecular formula is C12H12BrN3S. The lowest BCUT2D eigenvalue weighted by Crippen LogP contribution is -2.00. The first kappa shape index (κ1) is 12.5. The van der Waals surface area contributed by atoms with Gasteiger partial charge in [0.2, 0.25) is 0 Å². The first-order valence-corrected chi connectivity index (χ1v) is 6.94. The number of hydrogen-bond acceptors (Lipinski definition) is 4. The van der Waals surface area contributed by atoms with Crippen LogP contribution >= 0.6 is 27.7 Å². The number of thioether (sulfide) groups is 1. The Morgan fingerprint density at radius 1 is 1.24 bits per heavy atom. The monoisotopic (exact) mass is 309 g/mol. The predicted octanol–water partition coefficient (Wildman–Crippen LogP) is 2.99. The zero-order chi connectivity index (χ0) is 12.1. The first-order chi connectivity index (χ1) is 8.28. The minimum Gasteiger partial charge on any atom is -0.326 e. The summed E-state index contributed by atoms with van der Waals surface area (Å²) in [5.41, 5.74) is 6.45. The van der Waals surface area contributed by atoms with E-state index in [-0.39, 0.29) is 0 Å². The third kappa shape index (κ3) is 3.80. The van der Waals surface area contributed by atoms with Crippen molar-refractivity contribution in [2.45, 2.75) is 17.2 Å². The maximum atomic E-state index is 5.49. The summed E-state index contributed by atoms with van der Waals surface area (Å²) in [6.07, 6.45) is 3.56. The van der Waals surface area contributed by atoms with Gasteiger partial charge in [-0.3, -0.25) is 0 Å². The molecular weight excluding hydrogens is 298 g/mol. The quantitative estimate of drug-likeness (QED) is 0.882. The molecule has 0 unspecified atom stereocenters. The fourth-order valence-electron chi connectivity index (χ4n) is 1.27. The van der Waals surface area contributed by atoms with Crippen LogP contribution in [0.2, 0.25) is 0 Å². The lowest BCUT2D eigenvalue weighted by Gasteiger charge is -2.02. The van der Waals surface area contributed by atoms with Crippen LogP contribution in [0.1, 0.15) is 11.4 Å². The van der Waals surface area contributed by atoms with Gasteiger partial charge in [0.15, 0.2) is 0 Å². The molecule has 1 heterocycles. The molecule has 17 heavy (non-hydrogen) atoms. The zero-order valence-corrected chi connectivity index (χ0v) is 11.5. The van der Waals surface area contributed by atoms with Crippen molar-refractivity contribution in [3.8, 4) is 0 Å². The van der Waals surface area contributed by atoms with E-state index < -0.39 is 0 Å². The number of nitrogens with zero attached hydrogens (tertiary/aromatic N) is 2. The van der Waals surface area contributed by atoms with Crippen LogP contribution in [0.5, 0.6) is 0 Å². The van der Waals surface area contributed by atoms with Crippen molar-refractivity contribution in [1.29, 1.82) is 0 Å². The summed E-state index contributed by atoms with van der Waals surface area (Å²) in [6, 6.07) is 8.18. The van der Waals surface area contributed by atoms with Crippen molar-refractivity contribution < 1.29 is 0 Å². The number of hydrogen-bond donors (Lipinski definition) is 1. The smallest absolute Gasteiger partial charge is 0.138 e. The Labute approximate surface area is 113 Å². The minimum atomic E-state index is 0.485. The normalized spacial score (nSPS) is 10.5. The fraction of sp³-hybridized carbons (Fsp3) is 0.167. The minimum absolute atomic E-state index is 0.485. The van der Waals surface area contributed by atoms with E-state index in [1.54, 1.807) is 24.2 Å². The maximum absolute atomic E-state index is 5.49. The molecule has 0 amide bonds. The second-order valence-corrected chi connectivity index (χ2v) is 5.42. The number of aromatic nitrogens is 2. The van der Waals surface area contributed by atoms with Gasteiger partial charge in [-0.25, -0.2) is 9.97 Å². The number of rotatable bonds is 4. The van der Waals surface area contributed by atoms with Crippen molar-refractivity contribution in [2.75, 3.05) is 0 Å². The van der Waals surface area contributed by atoms with Crippen LogP contribution in [-0.2, 0) is 12.3 Å². The Kier molecular flexibility index (Phi) is 4.53. The van der Waals surface area contributed by atoms with E-state index in [0.29, 0.717) is 6.54 Å². The summed E-state index contributed by atoms with van der Waals surface area (Å²) in [5, 5.41) is 0. The van der Waals surface area contributed by atoms with E-state index in [2.05, 4.69) is 38.0 Å². The molecule has 5 heteroatoms. The standard InChI is InChI=1S/C12H12BrN3S/c13-10-2-1-3-11(4-10)17-8-12-15-6-9(5-14)7-16-12/h1-4,6-7H,5,8,14H2. The van der Waals surface area contributed by atoms with Crippen LogP contribution in [-0.4, -0.2) is 9.97 Å². The highest BCUT2D eigenvalue weighted by Gasteiger charge is 2.00. The molecule has 0 saturated heterocycles. The summed E-state index contributed by atoms with van der Waals surface area (Å²) in [7, 11) is 0. The molecule has 0 spiro atoms. The van der Waals surface area contributed by atoms with Crippen LogP contribution in [0.4, 0.5) is 0 Å². The molecule has 3 nitrogen and oxygen atoms in total. The molecule has 1 aromatic carbocycles. The van der Waals surface area contributed by atoms with Gasteiger partial charge < -0.3 is 5.73 Å². The van der Waals surface area contributed by atoms with Gasteiger partial charge in [0.1, 0.15) is 5.82 Å². The van der Waals surface area contributed by atoms with E-state index in [1.807, 2.05) is 12.1 Å². The molecule has 0 aliphatic heterocycles. The van der Waals surface area contributed by atoms with E-state index in [1.165, 1.54) is 4.90 Å². The van der Waals surface area contributed by atoms with Crippen LogP contribution in [0, 0.1) is 0 Å². The number of nitrogens with two attached hydrogens (primary N) is 1. The molecule has 0 fully saturated rings. The average molecular weight is 310 g/mol. The lowest BCUT2D eigenvalue weighted by molar-refractivity contribution is 0.960. The third-order valence-electron chi connectivity index (χ3n) is 2.16. The van der Waals surface area contributed by atoms with Gasteiger partial charge in [-0.1, -0.05) is 22.0 Å². The Hall–Kier alpha value is -0.910. The van der Waals surface area contributed by atoms with Crippen molar-refractivity contribution in [3.05, 3.63) is 52.5 Å². The molecule has 0 saturated carbocycles. The fourth-order valence-corrected chi connectivity index (χ4v) is 2.65. The highest BCUT2D eigenvalue weighted by molar-refractivity contribution is 9.10. The summed E-state index contributed by atoms with van der Waals surface area (Å²) in [6.45, 7) is 0.485. The largest absolute Gasteiger partial charge is 0.326 e. The first-order valence-electron chi connectivity index (χ1n) is 5.16. The van der Waals surface area contributed by atoms with Crippen molar-refractivity contribution in [1.82, 2.24) is 9.97 Å². The van der Waals surface area contributed by atoms with Gasteiger partial charge >= 0.3 is 0 Å². The topological polar surface area (TPSA) is 51.8 Å². The van der Waals surface area contributed by atoms with E-state index >= 15 is 0 Å². The van der Waals surface area contributed by atoms with Gasteiger partial charge in [0.05, 0.1) is 5.75 Å². The highest BCUT2D eigenvalue weighted by atomic mass is 79.9. The summed E-state index contributed by atoms with van der Waals surface area (Å²) < 4.78 is 1.09. The molecule has 2 aromatic rings. The van der Waals surface area contributed by atoms with Crippen LogP contribution in [0.3, 0.4) is 0 Å². The Morgan fingerprint density at radius 3 is 2.65 bits per heavy atom. The molecule has 0 bridgehead atoms. The zero-order valence-electron chi connectivity index (χ0n) is 9.14. The van der Waals surface area contributed by atoms with Gasteiger partial charge in [-0.15, -0.1) is 11.8 Å². The SMILES string of the molecule is NCc1cnc(CSc2cccc(Br)c2)nc1. The molecule has 0 atom stereocenters. The van der Waals surface area contributed by atoms with E-state index in [0.717, 1.165) is 21.6 Å².